The molecule has 110 valence electrons. The monoisotopic (exact) mass is 307 g/mol. The molecule has 0 radical (unpaired) electrons. The molecule has 3 rings (SSSR count). The summed E-state index contributed by atoms with van der Waals surface area (Å²) in [6.45, 7) is 0.278. The molecule has 0 aliphatic heterocycles. The van der Waals surface area contributed by atoms with Gasteiger partial charge in [0.15, 0.2) is 11.4 Å². The van der Waals surface area contributed by atoms with E-state index in [1.807, 2.05) is 0 Å². The Morgan fingerprint density at radius 3 is 2.95 bits per heavy atom. The van der Waals surface area contributed by atoms with E-state index in [1.54, 1.807) is 25.2 Å². The average Bonchev–Trinajstić information content (AvgIpc) is 2.97. The maximum absolute atomic E-state index is 12.5. The minimum absolute atomic E-state index is 0.183. The summed E-state index contributed by atoms with van der Waals surface area (Å²) in [4.78, 5) is 24.0. The lowest BCUT2D eigenvalue weighted by Crippen LogP contribution is -2.31. The topological polar surface area (TPSA) is 79.5 Å². The first-order chi connectivity index (χ1) is 9.99. The Morgan fingerprint density at radius 1 is 1.52 bits per heavy atom. The van der Waals surface area contributed by atoms with Gasteiger partial charge in [0.25, 0.3) is 0 Å². The van der Waals surface area contributed by atoms with Gasteiger partial charge in [-0.1, -0.05) is 11.6 Å². The first kappa shape index (κ1) is 14.1. The molecule has 1 heterocycles. The number of ketones is 1. The van der Waals surface area contributed by atoms with Crippen LogP contribution in [-0.2, 0) is 4.79 Å². The molecule has 2 N–H and O–H groups in total. The van der Waals surface area contributed by atoms with Gasteiger partial charge in [-0.05, 0) is 31.7 Å². The normalized spacial score (nSPS) is 24.2. The van der Waals surface area contributed by atoms with Gasteiger partial charge < -0.3 is 14.8 Å². The third-order valence-electron chi connectivity index (χ3n) is 4.10. The maximum atomic E-state index is 12.5. The first-order valence-electron chi connectivity index (χ1n) is 6.58. The Bertz CT molecular complexity index is 738. The Hall–Kier alpha value is -1.85. The summed E-state index contributed by atoms with van der Waals surface area (Å²) < 4.78 is 5.23. The standard InChI is InChI=1S/C15H14ClNO4/c1-17-7-15(14(19)20)6-10(15)12(18)9-4-8-2-3-21-13(8)11(16)5-9/h2-5,10,17H,6-7H2,1H3,(H,19,20). The van der Waals surface area contributed by atoms with Crippen molar-refractivity contribution in [3.63, 3.8) is 0 Å². The number of benzene rings is 1. The van der Waals surface area contributed by atoms with Gasteiger partial charge in [0.1, 0.15) is 0 Å². The number of carbonyl (C=O) groups is 2. The zero-order valence-corrected chi connectivity index (χ0v) is 12.1. The summed E-state index contributed by atoms with van der Waals surface area (Å²) in [5.74, 6) is -1.63. The van der Waals surface area contributed by atoms with Crippen molar-refractivity contribution < 1.29 is 19.1 Å². The van der Waals surface area contributed by atoms with Crippen LogP contribution in [0.5, 0.6) is 0 Å². The van der Waals surface area contributed by atoms with Crippen LogP contribution in [0.4, 0.5) is 0 Å². The van der Waals surface area contributed by atoms with Crippen LogP contribution < -0.4 is 5.32 Å². The van der Waals surface area contributed by atoms with Gasteiger partial charge in [0.2, 0.25) is 0 Å². The number of Topliss-reactive ketones (excluding diaryl/α,β-unsaturated/α-hetero) is 1. The number of rotatable bonds is 5. The fourth-order valence-corrected chi connectivity index (χ4v) is 3.12. The van der Waals surface area contributed by atoms with Crippen LogP contribution in [0, 0.1) is 11.3 Å². The van der Waals surface area contributed by atoms with Crippen LogP contribution in [0.15, 0.2) is 28.9 Å². The summed E-state index contributed by atoms with van der Waals surface area (Å²) >= 11 is 6.09. The van der Waals surface area contributed by atoms with Crippen LogP contribution in [0.3, 0.4) is 0 Å². The third kappa shape index (κ3) is 2.13. The Kier molecular flexibility index (Phi) is 3.26. The molecule has 21 heavy (non-hydrogen) atoms. The molecule has 0 saturated heterocycles. The van der Waals surface area contributed by atoms with E-state index in [9.17, 15) is 14.7 Å². The number of carbonyl (C=O) groups excluding carboxylic acids is 1. The van der Waals surface area contributed by atoms with Crippen LogP contribution in [0.25, 0.3) is 11.0 Å². The van der Waals surface area contributed by atoms with Gasteiger partial charge in [0, 0.05) is 23.4 Å². The average molecular weight is 308 g/mol. The molecule has 0 spiro atoms. The van der Waals surface area contributed by atoms with Crippen molar-refractivity contribution in [2.45, 2.75) is 6.42 Å². The molecule has 2 atom stereocenters. The van der Waals surface area contributed by atoms with E-state index in [4.69, 9.17) is 16.0 Å². The van der Waals surface area contributed by atoms with Gasteiger partial charge in [0.05, 0.1) is 16.7 Å². The van der Waals surface area contributed by atoms with Crippen LogP contribution in [0.2, 0.25) is 5.02 Å². The van der Waals surface area contributed by atoms with Crippen molar-refractivity contribution >= 4 is 34.3 Å². The van der Waals surface area contributed by atoms with Crippen molar-refractivity contribution in [2.24, 2.45) is 11.3 Å². The molecule has 6 heteroatoms. The van der Waals surface area contributed by atoms with Crippen molar-refractivity contribution in [1.82, 2.24) is 5.32 Å². The third-order valence-corrected chi connectivity index (χ3v) is 4.38. The number of furan rings is 1. The zero-order chi connectivity index (χ0) is 15.2. The number of carboxylic acids is 1. The summed E-state index contributed by atoms with van der Waals surface area (Å²) in [5.41, 5.74) is -0.0363. The summed E-state index contributed by atoms with van der Waals surface area (Å²) in [6, 6.07) is 4.96. The second-order valence-electron chi connectivity index (χ2n) is 5.41. The minimum Gasteiger partial charge on any atom is -0.481 e. The quantitative estimate of drug-likeness (QED) is 0.830. The van der Waals surface area contributed by atoms with Crippen molar-refractivity contribution in [1.29, 1.82) is 0 Å². The molecular weight excluding hydrogens is 294 g/mol. The van der Waals surface area contributed by atoms with E-state index in [1.165, 1.54) is 6.26 Å². The maximum Gasteiger partial charge on any atom is 0.311 e. The van der Waals surface area contributed by atoms with Crippen molar-refractivity contribution in [3.05, 3.63) is 35.0 Å². The number of hydrogen-bond acceptors (Lipinski definition) is 4. The minimum atomic E-state index is -0.996. The fraction of sp³-hybridized carbons (Fsp3) is 0.333. The van der Waals surface area contributed by atoms with Crippen molar-refractivity contribution in [2.75, 3.05) is 13.6 Å². The molecule has 1 aromatic heterocycles. The van der Waals surface area contributed by atoms with E-state index >= 15 is 0 Å². The number of fused-ring (bicyclic) bond motifs is 1. The fourth-order valence-electron chi connectivity index (χ4n) is 2.85. The second-order valence-corrected chi connectivity index (χ2v) is 5.82. The van der Waals surface area contributed by atoms with E-state index in [2.05, 4.69) is 5.32 Å². The van der Waals surface area contributed by atoms with E-state index in [0.717, 1.165) is 5.39 Å². The molecule has 0 bridgehead atoms. The molecule has 0 amide bonds. The van der Waals surface area contributed by atoms with Crippen molar-refractivity contribution in [3.8, 4) is 0 Å². The smallest absolute Gasteiger partial charge is 0.311 e. The second kappa shape index (κ2) is 4.86. The molecule has 1 aliphatic carbocycles. The SMILES string of the molecule is CNCC1(C(=O)O)CC1C(=O)c1cc(Cl)c2occc2c1. The predicted octanol–water partition coefficient (Wildman–Crippen LogP) is 2.58. The molecule has 5 nitrogen and oxygen atoms in total. The highest BCUT2D eigenvalue weighted by Crippen LogP contribution is 2.54. The van der Waals surface area contributed by atoms with Gasteiger partial charge in [-0.15, -0.1) is 0 Å². The highest BCUT2D eigenvalue weighted by atomic mass is 35.5. The lowest BCUT2D eigenvalue weighted by atomic mass is 9.97. The van der Waals surface area contributed by atoms with Gasteiger partial charge in [-0.3, -0.25) is 9.59 Å². The number of aliphatic carboxylic acids is 1. The summed E-state index contributed by atoms with van der Waals surface area (Å²) in [6.07, 6.45) is 1.85. The van der Waals surface area contributed by atoms with E-state index in [0.29, 0.717) is 22.6 Å². The molecule has 2 aromatic rings. The largest absolute Gasteiger partial charge is 0.481 e. The number of carboxylic acid groups (broad SMARTS) is 1. The number of nitrogens with one attached hydrogen (secondary N) is 1. The first-order valence-corrected chi connectivity index (χ1v) is 6.96. The van der Waals surface area contributed by atoms with Gasteiger partial charge >= 0.3 is 5.97 Å². The molecule has 1 aromatic carbocycles. The van der Waals surface area contributed by atoms with Crippen LogP contribution in [0.1, 0.15) is 16.8 Å². The highest BCUT2D eigenvalue weighted by molar-refractivity contribution is 6.35. The van der Waals surface area contributed by atoms with Crippen LogP contribution in [-0.4, -0.2) is 30.5 Å². The van der Waals surface area contributed by atoms with Crippen LogP contribution >= 0.6 is 11.6 Å². The zero-order valence-electron chi connectivity index (χ0n) is 11.4. The Morgan fingerprint density at radius 2 is 2.29 bits per heavy atom. The van der Waals surface area contributed by atoms with Gasteiger partial charge in [-0.2, -0.15) is 0 Å². The highest BCUT2D eigenvalue weighted by Gasteiger charge is 2.63. The van der Waals surface area contributed by atoms with E-state index in [-0.39, 0.29) is 12.3 Å². The Balaban J connectivity index is 1.93. The lowest BCUT2D eigenvalue weighted by Gasteiger charge is -2.11. The molecule has 1 aliphatic rings. The molecular formula is C15H14ClNO4. The summed E-state index contributed by atoms with van der Waals surface area (Å²) in [5, 5.41) is 13.3. The predicted molar refractivity (Wildman–Crippen MR) is 77.7 cm³/mol. The van der Waals surface area contributed by atoms with Gasteiger partial charge in [-0.25, -0.2) is 0 Å². The Labute approximate surface area is 125 Å². The lowest BCUT2D eigenvalue weighted by molar-refractivity contribution is -0.143. The molecule has 1 saturated carbocycles. The number of halogens is 1. The number of hydrogen-bond donors (Lipinski definition) is 2. The summed E-state index contributed by atoms with van der Waals surface area (Å²) in [7, 11) is 1.68. The molecule has 1 fully saturated rings. The molecule has 2 unspecified atom stereocenters. The van der Waals surface area contributed by atoms with E-state index < -0.39 is 17.3 Å².